The Balaban J connectivity index is 2.13. The minimum atomic E-state index is -0.486. The van der Waals surface area contributed by atoms with Gasteiger partial charge in [-0.1, -0.05) is 42.5 Å². The summed E-state index contributed by atoms with van der Waals surface area (Å²) in [6, 6.07) is 13.8. The van der Waals surface area contributed by atoms with Crippen molar-refractivity contribution in [1.29, 1.82) is 0 Å². The van der Waals surface area contributed by atoms with Gasteiger partial charge in [0.25, 0.3) is 0 Å². The van der Waals surface area contributed by atoms with E-state index in [-0.39, 0.29) is 0 Å². The van der Waals surface area contributed by atoms with E-state index in [1.54, 1.807) is 0 Å². The average molecular weight is 241 g/mol. The summed E-state index contributed by atoms with van der Waals surface area (Å²) in [5, 5.41) is 4.64. The predicted octanol–water partition coefficient (Wildman–Crippen LogP) is 1.07. The van der Waals surface area contributed by atoms with Crippen LogP contribution in [0.3, 0.4) is 0 Å². The first kappa shape index (κ1) is 10.6. The van der Waals surface area contributed by atoms with Crippen LogP contribution in [-0.4, -0.2) is 14.8 Å². The molecule has 0 saturated carbocycles. The van der Waals surface area contributed by atoms with Gasteiger partial charge in [0.15, 0.2) is 0 Å². The van der Waals surface area contributed by atoms with E-state index in [2.05, 4.69) is 10.1 Å². The van der Waals surface area contributed by atoms with Gasteiger partial charge in [0, 0.05) is 0 Å². The highest BCUT2D eigenvalue weighted by Crippen LogP contribution is 2.18. The molecule has 0 bridgehead atoms. The van der Waals surface area contributed by atoms with Gasteiger partial charge in [-0.25, -0.2) is 19.4 Å². The number of fused-ring (bicyclic) bond motifs is 1. The fraction of sp³-hybridized carbons (Fsp3) is 0.0769. The van der Waals surface area contributed by atoms with Gasteiger partial charge in [-0.2, -0.15) is 0 Å². The van der Waals surface area contributed by atoms with Gasteiger partial charge < -0.3 is 0 Å². The van der Waals surface area contributed by atoms with Crippen molar-refractivity contribution < 1.29 is 0 Å². The first-order chi connectivity index (χ1) is 8.74. The number of H-pyrrole nitrogens is 2. The molecule has 1 aromatic heterocycles. The molecule has 3 aromatic rings. The molecule has 5 nitrogen and oxygen atoms in total. The molecular formula is C13H11N3O2. The number of hydrogen-bond donors (Lipinski definition) is 2. The number of aromatic nitrogens is 3. The summed E-state index contributed by atoms with van der Waals surface area (Å²) in [5.74, 6) is 0. The molecule has 0 radical (unpaired) electrons. The van der Waals surface area contributed by atoms with Crippen LogP contribution in [-0.2, 0) is 6.54 Å². The Morgan fingerprint density at radius 1 is 1.00 bits per heavy atom. The van der Waals surface area contributed by atoms with E-state index in [1.165, 1.54) is 4.68 Å². The minimum Gasteiger partial charge on any atom is -0.257 e. The summed E-state index contributed by atoms with van der Waals surface area (Å²) < 4.78 is 1.27. The normalized spacial score (nSPS) is 10.9. The van der Waals surface area contributed by atoms with Crippen LogP contribution in [0.25, 0.3) is 10.8 Å². The SMILES string of the molecule is O=c1[nH]c(=O)n(Cc2cccc3ccccc23)[nH]1. The highest BCUT2D eigenvalue weighted by molar-refractivity contribution is 5.85. The predicted molar refractivity (Wildman–Crippen MR) is 68.7 cm³/mol. The third kappa shape index (κ3) is 1.75. The van der Waals surface area contributed by atoms with E-state index in [9.17, 15) is 9.59 Å². The van der Waals surface area contributed by atoms with Crippen LogP contribution in [0.1, 0.15) is 5.56 Å². The molecule has 0 aliphatic rings. The summed E-state index contributed by atoms with van der Waals surface area (Å²) in [6.07, 6.45) is 0. The van der Waals surface area contributed by atoms with Crippen molar-refractivity contribution in [3.63, 3.8) is 0 Å². The van der Waals surface area contributed by atoms with Gasteiger partial charge in [-0.3, -0.25) is 4.98 Å². The van der Waals surface area contributed by atoms with Crippen molar-refractivity contribution in [3.05, 3.63) is 69.0 Å². The number of nitrogens with zero attached hydrogens (tertiary/aromatic N) is 1. The van der Waals surface area contributed by atoms with E-state index in [0.717, 1.165) is 16.3 Å². The highest BCUT2D eigenvalue weighted by Gasteiger charge is 2.04. The van der Waals surface area contributed by atoms with E-state index in [0.29, 0.717) is 6.54 Å². The second-order valence-corrected chi connectivity index (χ2v) is 4.10. The quantitative estimate of drug-likeness (QED) is 0.704. The van der Waals surface area contributed by atoms with Gasteiger partial charge >= 0.3 is 11.4 Å². The van der Waals surface area contributed by atoms with E-state index in [4.69, 9.17) is 0 Å². The van der Waals surface area contributed by atoms with Crippen molar-refractivity contribution in [1.82, 2.24) is 14.8 Å². The molecule has 0 saturated heterocycles. The second-order valence-electron chi connectivity index (χ2n) is 4.10. The minimum absolute atomic E-state index is 0.346. The molecule has 2 aromatic carbocycles. The summed E-state index contributed by atoms with van der Waals surface area (Å²) in [6.45, 7) is 0.346. The van der Waals surface area contributed by atoms with E-state index in [1.807, 2.05) is 42.5 Å². The number of aromatic amines is 2. The zero-order valence-corrected chi connectivity index (χ0v) is 9.51. The fourth-order valence-electron chi connectivity index (χ4n) is 2.08. The van der Waals surface area contributed by atoms with E-state index < -0.39 is 11.4 Å². The molecule has 5 heteroatoms. The maximum atomic E-state index is 11.5. The third-order valence-corrected chi connectivity index (χ3v) is 2.91. The van der Waals surface area contributed by atoms with Crippen LogP contribution in [0.2, 0.25) is 0 Å². The molecular weight excluding hydrogens is 230 g/mol. The van der Waals surface area contributed by atoms with E-state index >= 15 is 0 Å². The average Bonchev–Trinajstić information content (AvgIpc) is 2.68. The molecule has 3 rings (SSSR count). The number of benzene rings is 2. The van der Waals surface area contributed by atoms with Gasteiger partial charge in [0.05, 0.1) is 6.54 Å². The van der Waals surface area contributed by atoms with Crippen LogP contribution in [0.4, 0.5) is 0 Å². The lowest BCUT2D eigenvalue weighted by Gasteiger charge is -2.05. The van der Waals surface area contributed by atoms with Crippen molar-refractivity contribution in [3.8, 4) is 0 Å². The smallest absolute Gasteiger partial charge is 0.257 e. The topological polar surface area (TPSA) is 70.7 Å². The Labute approximate surface area is 102 Å². The maximum absolute atomic E-state index is 11.5. The van der Waals surface area contributed by atoms with Gasteiger partial charge in [0.1, 0.15) is 0 Å². The number of hydrogen-bond acceptors (Lipinski definition) is 2. The largest absolute Gasteiger partial charge is 0.344 e. The summed E-state index contributed by atoms with van der Waals surface area (Å²) in [5.41, 5.74) is 0.0821. The Bertz CT molecular complexity index is 805. The van der Waals surface area contributed by atoms with Crippen LogP contribution >= 0.6 is 0 Å². The molecule has 0 fully saturated rings. The van der Waals surface area contributed by atoms with Crippen molar-refractivity contribution >= 4 is 10.8 Å². The molecule has 1 heterocycles. The fourth-order valence-corrected chi connectivity index (χ4v) is 2.08. The lowest BCUT2D eigenvalue weighted by Crippen LogP contribution is -2.18. The summed E-state index contributed by atoms with van der Waals surface area (Å²) in [7, 11) is 0. The number of rotatable bonds is 2. The summed E-state index contributed by atoms with van der Waals surface area (Å²) >= 11 is 0. The molecule has 0 atom stereocenters. The Morgan fingerprint density at radius 2 is 1.78 bits per heavy atom. The Hall–Kier alpha value is -2.56. The third-order valence-electron chi connectivity index (χ3n) is 2.91. The first-order valence-corrected chi connectivity index (χ1v) is 5.60. The Kier molecular flexibility index (Phi) is 2.37. The molecule has 0 aliphatic carbocycles. The standard InChI is InChI=1S/C13H11N3O2/c17-12-14-13(18)16(15-12)8-10-6-3-5-9-4-1-2-7-11(9)10/h1-7H,8H2,(H2,14,15,17,18). The molecule has 0 unspecified atom stereocenters. The van der Waals surface area contributed by atoms with Crippen LogP contribution in [0, 0.1) is 0 Å². The van der Waals surface area contributed by atoms with Crippen molar-refractivity contribution in [2.24, 2.45) is 0 Å². The van der Waals surface area contributed by atoms with Gasteiger partial charge in [-0.15, -0.1) is 0 Å². The molecule has 0 spiro atoms. The summed E-state index contributed by atoms with van der Waals surface area (Å²) in [4.78, 5) is 24.7. The number of nitrogens with one attached hydrogen (secondary N) is 2. The molecule has 0 amide bonds. The molecule has 2 N–H and O–H groups in total. The lowest BCUT2D eigenvalue weighted by molar-refractivity contribution is 0.657. The highest BCUT2D eigenvalue weighted by atomic mass is 16.2. The Morgan fingerprint density at radius 3 is 2.56 bits per heavy atom. The van der Waals surface area contributed by atoms with Crippen LogP contribution < -0.4 is 11.4 Å². The molecule has 0 aliphatic heterocycles. The lowest BCUT2D eigenvalue weighted by atomic mass is 10.0. The van der Waals surface area contributed by atoms with Gasteiger partial charge in [0.2, 0.25) is 0 Å². The maximum Gasteiger partial charge on any atom is 0.344 e. The van der Waals surface area contributed by atoms with Gasteiger partial charge in [-0.05, 0) is 16.3 Å². The zero-order chi connectivity index (χ0) is 12.5. The van der Waals surface area contributed by atoms with Crippen molar-refractivity contribution in [2.45, 2.75) is 6.54 Å². The second kappa shape index (κ2) is 4.03. The van der Waals surface area contributed by atoms with Crippen molar-refractivity contribution in [2.75, 3.05) is 0 Å². The molecule has 18 heavy (non-hydrogen) atoms. The zero-order valence-electron chi connectivity index (χ0n) is 9.51. The van der Waals surface area contributed by atoms with Crippen LogP contribution in [0.15, 0.2) is 52.1 Å². The van der Waals surface area contributed by atoms with Crippen LogP contribution in [0.5, 0.6) is 0 Å². The monoisotopic (exact) mass is 241 g/mol. The molecule has 90 valence electrons. The first-order valence-electron chi connectivity index (χ1n) is 5.60.